The van der Waals surface area contributed by atoms with Gasteiger partial charge in [-0.1, -0.05) is 0 Å². The fraction of sp³-hybridized carbons (Fsp3) is 0.348. The maximum absolute atomic E-state index is 13.5. The molecule has 2 atom stereocenters. The Bertz CT molecular complexity index is 1250. The van der Waals surface area contributed by atoms with Gasteiger partial charge in [-0.15, -0.1) is 0 Å². The molecule has 0 radical (unpaired) electrons. The SMILES string of the molecule is C[C@H]1OCc2c1c(N)nc1ccc(C(=O)N3CCOC[C@H]3c3ccnc(C(F)(F)F)c3)cc21. The van der Waals surface area contributed by atoms with Gasteiger partial charge in [-0.3, -0.25) is 9.78 Å². The average Bonchev–Trinajstić information content (AvgIpc) is 3.20. The van der Waals surface area contributed by atoms with Crippen LogP contribution >= 0.6 is 0 Å². The van der Waals surface area contributed by atoms with Gasteiger partial charge in [0.1, 0.15) is 11.5 Å². The molecule has 1 saturated heterocycles. The molecule has 2 N–H and O–H groups in total. The predicted octanol–water partition coefficient (Wildman–Crippen LogP) is 4.04. The largest absolute Gasteiger partial charge is 0.433 e. The molecule has 1 amide bonds. The Morgan fingerprint density at radius 2 is 2.06 bits per heavy atom. The van der Waals surface area contributed by atoms with Crippen molar-refractivity contribution in [3.8, 4) is 0 Å². The van der Waals surface area contributed by atoms with Crippen molar-refractivity contribution in [3.05, 3.63) is 64.5 Å². The summed E-state index contributed by atoms with van der Waals surface area (Å²) in [6.07, 6.45) is -3.66. The van der Waals surface area contributed by atoms with Gasteiger partial charge < -0.3 is 20.1 Å². The number of nitrogens with two attached hydrogens (primary N) is 1. The highest BCUT2D eigenvalue weighted by atomic mass is 19.4. The van der Waals surface area contributed by atoms with E-state index < -0.39 is 17.9 Å². The van der Waals surface area contributed by atoms with Crippen molar-refractivity contribution in [2.45, 2.75) is 31.9 Å². The van der Waals surface area contributed by atoms with Crippen LogP contribution in [0.25, 0.3) is 10.9 Å². The third-order valence-corrected chi connectivity index (χ3v) is 6.14. The minimum atomic E-state index is -4.58. The smallest absolute Gasteiger partial charge is 0.383 e. The number of fused-ring (bicyclic) bond motifs is 3. The number of pyridine rings is 2. The van der Waals surface area contributed by atoms with Crippen LogP contribution in [0.4, 0.5) is 19.0 Å². The molecule has 1 aromatic carbocycles. The van der Waals surface area contributed by atoms with Gasteiger partial charge >= 0.3 is 6.18 Å². The van der Waals surface area contributed by atoms with Crippen LogP contribution < -0.4 is 5.73 Å². The van der Waals surface area contributed by atoms with Gasteiger partial charge in [-0.05, 0) is 48.4 Å². The minimum Gasteiger partial charge on any atom is -0.383 e. The van der Waals surface area contributed by atoms with Crippen molar-refractivity contribution < 1.29 is 27.4 Å². The molecule has 10 heteroatoms. The lowest BCUT2D eigenvalue weighted by atomic mass is 9.99. The molecular formula is C23H21F3N4O3. The molecular weight excluding hydrogens is 437 g/mol. The highest BCUT2D eigenvalue weighted by molar-refractivity contribution is 5.99. The number of anilines is 1. The van der Waals surface area contributed by atoms with Crippen LogP contribution in [0.2, 0.25) is 0 Å². The summed E-state index contributed by atoms with van der Waals surface area (Å²) in [5, 5.41) is 0.780. The molecule has 33 heavy (non-hydrogen) atoms. The van der Waals surface area contributed by atoms with Crippen LogP contribution in [-0.2, 0) is 22.3 Å². The van der Waals surface area contributed by atoms with Crippen molar-refractivity contribution in [3.63, 3.8) is 0 Å². The zero-order valence-electron chi connectivity index (χ0n) is 17.7. The topological polar surface area (TPSA) is 90.6 Å². The van der Waals surface area contributed by atoms with E-state index in [1.807, 2.05) is 6.92 Å². The first-order chi connectivity index (χ1) is 15.7. The quantitative estimate of drug-likeness (QED) is 0.624. The molecule has 7 nitrogen and oxygen atoms in total. The minimum absolute atomic E-state index is 0.0967. The van der Waals surface area contributed by atoms with Crippen LogP contribution in [0.15, 0.2) is 36.5 Å². The van der Waals surface area contributed by atoms with E-state index in [9.17, 15) is 18.0 Å². The molecule has 0 spiro atoms. The van der Waals surface area contributed by atoms with E-state index >= 15 is 0 Å². The number of carbonyl (C=O) groups is 1. The number of carbonyl (C=O) groups excluding carboxylic acids is 1. The molecule has 2 aromatic heterocycles. The first kappa shape index (κ1) is 21.6. The van der Waals surface area contributed by atoms with E-state index in [4.69, 9.17) is 15.2 Å². The maximum Gasteiger partial charge on any atom is 0.433 e. The standard InChI is InChI=1S/C23H21F3N4O3/c1-12-20-16(10-33-12)15-8-14(2-3-17(15)29-21(20)27)22(31)30-6-7-32-11-18(30)13-4-5-28-19(9-13)23(24,25)26/h2-5,8-9,12,18H,6-7,10-11H2,1H3,(H2,27,29)/t12-,18+/m1/s1. The number of amides is 1. The van der Waals surface area contributed by atoms with E-state index in [0.717, 1.165) is 28.8 Å². The summed E-state index contributed by atoms with van der Waals surface area (Å²) < 4.78 is 50.7. The Kier molecular flexibility index (Phi) is 5.21. The van der Waals surface area contributed by atoms with Crippen molar-refractivity contribution in [1.82, 2.24) is 14.9 Å². The normalized spacial score (nSPS) is 20.8. The summed E-state index contributed by atoms with van der Waals surface area (Å²) in [5.74, 6) is 0.112. The van der Waals surface area contributed by atoms with E-state index in [-0.39, 0.29) is 25.2 Å². The van der Waals surface area contributed by atoms with E-state index in [2.05, 4.69) is 9.97 Å². The Hall–Kier alpha value is -3.24. The second-order valence-electron chi connectivity index (χ2n) is 8.14. The second kappa shape index (κ2) is 7.96. The van der Waals surface area contributed by atoms with Gasteiger partial charge in [0.15, 0.2) is 0 Å². The molecule has 1 fully saturated rings. The molecule has 4 heterocycles. The van der Waals surface area contributed by atoms with Crippen LogP contribution in [0.1, 0.15) is 51.8 Å². The van der Waals surface area contributed by atoms with E-state index in [1.54, 1.807) is 23.1 Å². The Morgan fingerprint density at radius 1 is 1.24 bits per heavy atom. The van der Waals surface area contributed by atoms with Crippen LogP contribution in [0.3, 0.4) is 0 Å². The fourth-order valence-electron chi connectivity index (χ4n) is 4.50. The summed E-state index contributed by atoms with van der Waals surface area (Å²) in [5.41, 5.74) is 8.22. The third-order valence-electron chi connectivity index (χ3n) is 6.14. The van der Waals surface area contributed by atoms with E-state index in [0.29, 0.717) is 35.7 Å². The molecule has 0 bridgehead atoms. The summed E-state index contributed by atoms with van der Waals surface area (Å²) >= 11 is 0. The van der Waals surface area contributed by atoms with Crippen molar-refractivity contribution in [1.29, 1.82) is 0 Å². The lowest BCUT2D eigenvalue weighted by Crippen LogP contribution is -2.43. The lowest BCUT2D eigenvalue weighted by molar-refractivity contribution is -0.141. The van der Waals surface area contributed by atoms with Gasteiger partial charge in [0.2, 0.25) is 0 Å². The van der Waals surface area contributed by atoms with Crippen molar-refractivity contribution in [2.75, 3.05) is 25.5 Å². The number of hydrogen-bond acceptors (Lipinski definition) is 6. The molecule has 2 aliphatic heterocycles. The number of aromatic nitrogens is 2. The number of ether oxygens (including phenoxy) is 2. The number of halogens is 3. The lowest BCUT2D eigenvalue weighted by Gasteiger charge is -2.36. The van der Waals surface area contributed by atoms with E-state index in [1.165, 1.54) is 6.07 Å². The first-order valence-corrected chi connectivity index (χ1v) is 10.5. The number of alkyl halides is 3. The van der Waals surface area contributed by atoms with Gasteiger partial charge in [-0.2, -0.15) is 13.2 Å². The van der Waals surface area contributed by atoms with Crippen LogP contribution in [0.5, 0.6) is 0 Å². The predicted molar refractivity (Wildman–Crippen MR) is 113 cm³/mol. The molecule has 0 aliphatic carbocycles. The monoisotopic (exact) mass is 458 g/mol. The summed E-state index contributed by atoms with van der Waals surface area (Å²) in [6, 6.07) is 6.93. The van der Waals surface area contributed by atoms with Gasteiger partial charge in [0.25, 0.3) is 5.91 Å². The zero-order chi connectivity index (χ0) is 23.3. The number of nitrogen functional groups attached to an aromatic ring is 1. The van der Waals surface area contributed by atoms with Crippen LogP contribution in [0, 0.1) is 0 Å². The average molecular weight is 458 g/mol. The van der Waals surface area contributed by atoms with Gasteiger partial charge in [0.05, 0.1) is 37.5 Å². The highest BCUT2D eigenvalue weighted by Gasteiger charge is 2.35. The first-order valence-electron chi connectivity index (χ1n) is 10.5. The van der Waals surface area contributed by atoms with Crippen LogP contribution in [-0.4, -0.2) is 40.5 Å². The molecule has 2 aliphatic rings. The number of benzene rings is 1. The van der Waals surface area contributed by atoms with Crippen molar-refractivity contribution in [2.24, 2.45) is 0 Å². The fourth-order valence-corrected chi connectivity index (χ4v) is 4.50. The molecule has 0 unspecified atom stereocenters. The molecule has 0 saturated carbocycles. The Labute approximate surface area is 187 Å². The number of nitrogens with zero attached hydrogens (tertiary/aromatic N) is 3. The number of rotatable bonds is 2. The summed E-state index contributed by atoms with van der Waals surface area (Å²) in [6.45, 7) is 2.91. The Balaban J connectivity index is 1.52. The Morgan fingerprint density at radius 3 is 2.85 bits per heavy atom. The maximum atomic E-state index is 13.5. The second-order valence-corrected chi connectivity index (χ2v) is 8.14. The number of hydrogen-bond donors (Lipinski definition) is 1. The summed E-state index contributed by atoms with van der Waals surface area (Å²) in [4.78, 5) is 22.9. The molecule has 3 aromatic rings. The molecule has 5 rings (SSSR count). The summed E-state index contributed by atoms with van der Waals surface area (Å²) in [7, 11) is 0. The van der Waals surface area contributed by atoms with Gasteiger partial charge in [0, 0.05) is 29.3 Å². The molecule has 172 valence electrons. The number of morpholine rings is 1. The third kappa shape index (κ3) is 3.79. The highest BCUT2D eigenvalue weighted by Crippen LogP contribution is 2.38. The van der Waals surface area contributed by atoms with Crippen molar-refractivity contribution >= 4 is 22.6 Å². The zero-order valence-corrected chi connectivity index (χ0v) is 17.7. The van der Waals surface area contributed by atoms with Gasteiger partial charge in [-0.25, -0.2) is 4.98 Å².